The van der Waals surface area contributed by atoms with E-state index in [0.717, 1.165) is 28.7 Å². The number of anilines is 1. The lowest BCUT2D eigenvalue weighted by Crippen LogP contribution is -2.24. The summed E-state index contributed by atoms with van der Waals surface area (Å²) in [4.78, 5) is 6.82. The second-order valence-corrected chi connectivity index (χ2v) is 6.07. The van der Waals surface area contributed by atoms with E-state index >= 15 is 0 Å². The van der Waals surface area contributed by atoms with Gasteiger partial charge in [-0.1, -0.05) is 0 Å². The Hall–Kier alpha value is -0.610. The van der Waals surface area contributed by atoms with E-state index in [1.807, 2.05) is 12.4 Å². The van der Waals surface area contributed by atoms with Crippen molar-refractivity contribution in [1.29, 1.82) is 0 Å². The smallest absolute Gasteiger partial charge is 0.0538 e. The molecule has 0 radical (unpaired) electrons. The zero-order valence-corrected chi connectivity index (χ0v) is 11.5. The van der Waals surface area contributed by atoms with Crippen LogP contribution in [0.25, 0.3) is 0 Å². The molecule has 1 aromatic heterocycles. The summed E-state index contributed by atoms with van der Waals surface area (Å²) in [5.41, 5.74) is 1.12. The van der Waals surface area contributed by atoms with Crippen LogP contribution in [-0.4, -0.2) is 35.6 Å². The Morgan fingerprint density at radius 2 is 2.24 bits per heavy atom. The third-order valence-corrected chi connectivity index (χ3v) is 4.11. The number of aromatic nitrogens is 1. The lowest BCUT2D eigenvalue weighted by Gasteiger charge is -2.15. The fourth-order valence-corrected chi connectivity index (χ4v) is 2.94. The van der Waals surface area contributed by atoms with Crippen LogP contribution in [0.1, 0.15) is 19.3 Å². The molecule has 1 atom stereocenters. The predicted molar refractivity (Wildman–Crippen MR) is 73.1 cm³/mol. The second kappa shape index (κ2) is 4.94. The van der Waals surface area contributed by atoms with E-state index < -0.39 is 0 Å². The van der Waals surface area contributed by atoms with Gasteiger partial charge in [0.15, 0.2) is 0 Å². The van der Waals surface area contributed by atoms with E-state index in [2.05, 4.69) is 37.2 Å². The molecule has 2 fully saturated rings. The van der Waals surface area contributed by atoms with E-state index in [9.17, 15) is 0 Å². The molecule has 1 aliphatic heterocycles. The average molecular weight is 296 g/mol. The molecule has 4 heteroatoms. The maximum Gasteiger partial charge on any atom is 0.0538 e. The van der Waals surface area contributed by atoms with Crippen molar-refractivity contribution >= 4 is 21.6 Å². The molecule has 3 nitrogen and oxygen atoms in total. The molecule has 1 aromatic rings. The fourth-order valence-electron chi connectivity index (χ4n) is 2.57. The van der Waals surface area contributed by atoms with Crippen molar-refractivity contribution in [3.8, 4) is 0 Å². The number of rotatable bonds is 4. The number of hydrogen-bond donors (Lipinski definition) is 1. The van der Waals surface area contributed by atoms with E-state index in [0.29, 0.717) is 0 Å². The first-order valence-electron chi connectivity index (χ1n) is 6.40. The van der Waals surface area contributed by atoms with Gasteiger partial charge in [0.2, 0.25) is 0 Å². The van der Waals surface area contributed by atoms with Gasteiger partial charge < -0.3 is 10.2 Å². The summed E-state index contributed by atoms with van der Waals surface area (Å²) < 4.78 is 1.04. The Bertz CT molecular complexity index is 392. The summed E-state index contributed by atoms with van der Waals surface area (Å²) >= 11 is 3.44. The first kappa shape index (κ1) is 11.5. The number of likely N-dealkylation sites (tertiary alicyclic amines) is 1. The fraction of sp³-hybridized carbons (Fsp3) is 0.615. The molecule has 0 aromatic carbocycles. The van der Waals surface area contributed by atoms with Crippen molar-refractivity contribution in [3.05, 3.63) is 22.9 Å². The van der Waals surface area contributed by atoms with Gasteiger partial charge in [-0.2, -0.15) is 0 Å². The van der Waals surface area contributed by atoms with Crippen LogP contribution in [-0.2, 0) is 0 Å². The van der Waals surface area contributed by atoms with Crippen LogP contribution in [0.5, 0.6) is 0 Å². The van der Waals surface area contributed by atoms with E-state index in [1.165, 1.54) is 32.4 Å². The molecule has 1 N–H and O–H groups in total. The Kier molecular flexibility index (Phi) is 3.34. The van der Waals surface area contributed by atoms with Gasteiger partial charge in [0, 0.05) is 29.8 Å². The number of pyridine rings is 1. The summed E-state index contributed by atoms with van der Waals surface area (Å²) in [6.07, 6.45) is 7.89. The van der Waals surface area contributed by atoms with Gasteiger partial charge in [-0.05, 0) is 53.7 Å². The summed E-state index contributed by atoms with van der Waals surface area (Å²) in [7, 11) is 0. The van der Waals surface area contributed by atoms with E-state index in [4.69, 9.17) is 0 Å². The molecule has 92 valence electrons. The van der Waals surface area contributed by atoms with Gasteiger partial charge in [0.25, 0.3) is 0 Å². The number of nitrogens with one attached hydrogen (secondary N) is 1. The molecule has 3 rings (SSSR count). The van der Waals surface area contributed by atoms with Crippen molar-refractivity contribution in [2.45, 2.75) is 25.3 Å². The number of nitrogens with zero attached hydrogens (tertiary/aromatic N) is 2. The topological polar surface area (TPSA) is 28.2 Å². The lowest BCUT2D eigenvalue weighted by atomic mass is 10.1. The largest absolute Gasteiger partial charge is 0.383 e. The van der Waals surface area contributed by atoms with Crippen molar-refractivity contribution in [1.82, 2.24) is 9.88 Å². The normalized spacial score (nSPS) is 25.1. The minimum atomic E-state index is 0.801. The molecule has 1 saturated carbocycles. The van der Waals surface area contributed by atoms with Gasteiger partial charge in [0.1, 0.15) is 0 Å². The minimum absolute atomic E-state index is 0.801. The zero-order chi connectivity index (χ0) is 11.7. The highest BCUT2D eigenvalue weighted by atomic mass is 79.9. The van der Waals surface area contributed by atoms with Gasteiger partial charge in [-0.3, -0.25) is 4.98 Å². The molecule has 2 aliphatic rings. The molecule has 0 spiro atoms. The van der Waals surface area contributed by atoms with Crippen LogP contribution in [0.4, 0.5) is 5.69 Å². The third-order valence-electron chi connectivity index (χ3n) is 3.68. The molecule has 0 amide bonds. The first-order chi connectivity index (χ1) is 8.31. The maximum absolute atomic E-state index is 4.16. The van der Waals surface area contributed by atoms with Crippen molar-refractivity contribution in [2.24, 2.45) is 5.92 Å². The van der Waals surface area contributed by atoms with Crippen LogP contribution >= 0.6 is 15.9 Å². The van der Waals surface area contributed by atoms with Gasteiger partial charge >= 0.3 is 0 Å². The zero-order valence-electron chi connectivity index (χ0n) is 9.90. The summed E-state index contributed by atoms with van der Waals surface area (Å²) in [6.45, 7) is 3.65. The highest BCUT2D eigenvalue weighted by Crippen LogP contribution is 2.31. The molecule has 1 unspecified atom stereocenters. The Morgan fingerprint density at radius 1 is 1.35 bits per heavy atom. The van der Waals surface area contributed by atoms with E-state index in [1.54, 1.807) is 0 Å². The lowest BCUT2D eigenvalue weighted by molar-refractivity contribution is 0.316. The Morgan fingerprint density at radius 3 is 3.00 bits per heavy atom. The van der Waals surface area contributed by atoms with Crippen LogP contribution in [0, 0.1) is 5.92 Å². The predicted octanol–water partition coefficient (Wildman–Crippen LogP) is 2.74. The van der Waals surface area contributed by atoms with Gasteiger partial charge in [-0.25, -0.2) is 0 Å². The van der Waals surface area contributed by atoms with Crippen molar-refractivity contribution in [2.75, 3.05) is 25.0 Å². The summed E-state index contributed by atoms with van der Waals surface area (Å²) in [5, 5.41) is 3.49. The van der Waals surface area contributed by atoms with Gasteiger partial charge in [0.05, 0.1) is 11.9 Å². The highest BCUT2D eigenvalue weighted by Gasteiger charge is 2.34. The quantitative estimate of drug-likeness (QED) is 0.926. The molecular formula is C13H18BrN3. The third kappa shape index (κ3) is 2.99. The van der Waals surface area contributed by atoms with Crippen molar-refractivity contribution in [3.63, 3.8) is 0 Å². The standard InChI is InChI=1S/C13H18BrN3/c14-11-5-12(8-15-7-11)16-6-10-3-4-17(9-10)13-1-2-13/h5,7-8,10,13,16H,1-4,6,9H2. The van der Waals surface area contributed by atoms with Crippen LogP contribution in [0.3, 0.4) is 0 Å². The number of halogens is 1. The van der Waals surface area contributed by atoms with Crippen molar-refractivity contribution < 1.29 is 0 Å². The SMILES string of the molecule is Brc1cncc(NCC2CCN(C3CC3)C2)c1. The summed E-state index contributed by atoms with van der Waals surface area (Å²) in [6, 6.07) is 3.01. The van der Waals surface area contributed by atoms with Crippen LogP contribution in [0.15, 0.2) is 22.9 Å². The molecule has 2 heterocycles. The van der Waals surface area contributed by atoms with Crippen LogP contribution in [0.2, 0.25) is 0 Å². The molecular weight excluding hydrogens is 278 g/mol. The minimum Gasteiger partial charge on any atom is -0.383 e. The Balaban J connectivity index is 1.48. The molecule has 1 aliphatic carbocycles. The summed E-state index contributed by atoms with van der Waals surface area (Å²) in [5.74, 6) is 0.801. The first-order valence-corrected chi connectivity index (χ1v) is 7.19. The maximum atomic E-state index is 4.16. The second-order valence-electron chi connectivity index (χ2n) is 5.15. The van der Waals surface area contributed by atoms with Gasteiger partial charge in [-0.15, -0.1) is 0 Å². The number of hydrogen-bond acceptors (Lipinski definition) is 3. The Labute approximate surface area is 111 Å². The average Bonchev–Trinajstić information content (AvgIpc) is 3.07. The molecule has 1 saturated heterocycles. The molecule has 17 heavy (non-hydrogen) atoms. The monoisotopic (exact) mass is 295 g/mol. The van der Waals surface area contributed by atoms with Crippen LogP contribution < -0.4 is 5.32 Å². The molecule has 0 bridgehead atoms. The van der Waals surface area contributed by atoms with E-state index in [-0.39, 0.29) is 0 Å². The highest BCUT2D eigenvalue weighted by molar-refractivity contribution is 9.10.